The van der Waals surface area contributed by atoms with E-state index >= 15 is 0 Å². The second kappa shape index (κ2) is 6.95. The molecule has 1 N–H and O–H groups in total. The summed E-state index contributed by atoms with van der Waals surface area (Å²) in [6.07, 6.45) is 1.94. The van der Waals surface area contributed by atoms with E-state index in [9.17, 15) is 0 Å². The van der Waals surface area contributed by atoms with Gasteiger partial charge in [-0.1, -0.05) is 36.5 Å². The molecule has 0 saturated carbocycles. The maximum Gasteiger partial charge on any atom is 0.0801 e. The summed E-state index contributed by atoms with van der Waals surface area (Å²) in [6.45, 7) is 9.57. The van der Waals surface area contributed by atoms with E-state index in [0.717, 1.165) is 25.1 Å². The van der Waals surface area contributed by atoms with Gasteiger partial charge in [-0.3, -0.25) is 0 Å². The van der Waals surface area contributed by atoms with Crippen molar-refractivity contribution in [3.05, 3.63) is 45.5 Å². The van der Waals surface area contributed by atoms with Crippen LogP contribution in [0, 0.1) is 13.8 Å². The maximum atomic E-state index is 4.24. The van der Waals surface area contributed by atoms with Crippen molar-refractivity contribution in [3.8, 4) is 0 Å². The lowest BCUT2D eigenvalue weighted by Crippen LogP contribution is -2.23. The number of benzene rings is 1. The van der Waals surface area contributed by atoms with Gasteiger partial charge in [-0.25, -0.2) is 0 Å². The SMILES string of the molecule is CCNC(Cc1ccc(C)c(C)c1)c1snnc1CC. The third-order valence-electron chi connectivity index (χ3n) is 3.70. The third kappa shape index (κ3) is 3.44. The van der Waals surface area contributed by atoms with Crippen LogP contribution in [0.2, 0.25) is 0 Å². The molecule has 4 heteroatoms. The highest BCUT2D eigenvalue weighted by molar-refractivity contribution is 7.05. The van der Waals surface area contributed by atoms with E-state index in [1.54, 1.807) is 0 Å². The molecule has 0 aliphatic carbocycles. The summed E-state index contributed by atoms with van der Waals surface area (Å²) in [6, 6.07) is 7.04. The molecule has 3 nitrogen and oxygen atoms in total. The van der Waals surface area contributed by atoms with Gasteiger partial charge in [0.05, 0.1) is 10.6 Å². The lowest BCUT2D eigenvalue weighted by Gasteiger charge is -2.17. The van der Waals surface area contributed by atoms with Crippen LogP contribution in [0.25, 0.3) is 0 Å². The second-order valence-electron chi connectivity index (χ2n) is 5.17. The molecule has 1 heterocycles. The summed E-state index contributed by atoms with van der Waals surface area (Å²) in [4.78, 5) is 1.28. The lowest BCUT2D eigenvalue weighted by atomic mass is 9.99. The van der Waals surface area contributed by atoms with Gasteiger partial charge in [-0.05, 0) is 61.5 Å². The minimum Gasteiger partial charge on any atom is -0.309 e. The number of aromatic nitrogens is 2. The summed E-state index contributed by atoms with van der Waals surface area (Å²) >= 11 is 1.53. The molecule has 0 amide bonds. The highest BCUT2D eigenvalue weighted by Gasteiger charge is 2.18. The number of nitrogens with one attached hydrogen (secondary N) is 1. The van der Waals surface area contributed by atoms with E-state index in [1.165, 1.54) is 33.1 Å². The van der Waals surface area contributed by atoms with Crippen LogP contribution in [-0.2, 0) is 12.8 Å². The quantitative estimate of drug-likeness (QED) is 0.882. The first-order valence-corrected chi connectivity index (χ1v) is 8.03. The smallest absolute Gasteiger partial charge is 0.0801 e. The van der Waals surface area contributed by atoms with Gasteiger partial charge in [0, 0.05) is 6.04 Å². The summed E-state index contributed by atoms with van der Waals surface area (Å²) < 4.78 is 4.12. The Morgan fingerprint density at radius 2 is 2.00 bits per heavy atom. The van der Waals surface area contributed by atoms with Crippen molar-refractivity contribution in [2.75, 3.05) is 6.54 Å². The molecule has 0 bridgehead atoms. The predicted molar refractivity (Wildman–Crippen MR) is 85.3 cm³/mol. The molecular formula is C16H23N3S. The normalized spacial score (nSPS) is 12.6. The molecule has 20 heavy (non-hydrogen) atoms. The highest BCUT2D eigenvalue weighted by atomic mass is 32.1. The summed E-state index contributed by atoms with van der Waals surface area (Å²) in [5.41, 5.74) is 5.21. The lowest BCUT2D eigenvalue weighted by molar-refractivity contribution is 0.553. The van der Waals surface area contributed by atoms with Crippen LogP contribution < -0.4 is 5.32 Å². The molecule has 2 aromatic rings. The number of rotatable bonds is 6. The minimum absolute atomic E-state index is 0.317. The number of hydrogen-bond acceptors (Lipinski definition) is 4. The Kier molecular flexibility index (Phi) is 5.26. The van der Waals surface area contributed by atoms with Crippen molar-refractivity contribution >= 4 is 11.5 Å². The van der Waals surface area contributed by atoms with Crippen LogP contribution in [-0.4, -0.2) is 16.1 Å². The molecular weight excluding hydrogens is 266 g/mol. The fraction of sp³-hybridized carbons (Fsp3) is 0.500. The Morgan fingerprint density at radius 3 is 2.65 bits per heavy atom. The standard InChI is InChI=1S/C16H23N3S/c1-5-14-16(20-19-18-14)15(17-6-2)10-13-8-7-11(3)12(4)9-13/h7-9,15,17H,5-6,10H2,1-4H3. The Morgan fingerprint density at radius 1 is 1.20 bits per heavy atom. The van der Waals surface area contributed by atoms with Crippen LogP contribution >= 0.6 is 11.5 Å². The van der Waals surface area contributed by atoms with Crippen molar-refractivity contribution in [1.82, 2.24) is 14.9 Å². The number of nitrogens with zero attached hydrogens (tertiary/aromatic N) is 2. The molecule has 0 fully saturated rings. The summed E-state index contributed by atoms with van der Waals surface area (Å²) in [5, 5.41) is 7.81. The van der Waals surface area contributed by atoms with Crippen molar-refractivity contribution < 1.29 is 0 Å². The van der Waals surface area contributed by atoms with E-state index in [-0.39, 0.29) is 0 Å². The monoisotopic (exact) mass is 289 g/mol. The fourth-order valence-corrected chi connectivity index (χ4v) is 3.21. The first-order chi connectivity index (χ1) is 9.65. The molecule has 0 aliphatic rings. The number of hydrogen-bond donors (Lipinski definition) is 1. The van der Waals surface area contributed by atoms with Crippen molar-refractivity contribution in [2.24, 2.45) is 0 Å². The van der Waals surface area contributed by atoms with Gasteiger partial charge >= 0.3 is 0 Å². The zero-order valence-corrected chi connectivity index (χ0v) is 13.5. The zero-order chi connectivity index (χ0) is 14.5. The highest BCUT2D eigenvalue weighted by Crippen LogP contribution is 2.25. The van der Waals surface area contributed by atoms with Gasteiger partial charge < -0.3 is 5.32 Å². The molecule has 0 radical (unpaired) electrons. The van der Waals surface area contributed by atoms with Gasteiger partial charge in [0.15, 0.2) is 0 Å². The van der Waals surface area contributed by atoms with Crippen LogP contribution in [0.1, 0.15) is 47.2 Å². The van der Waals surface area contributed by atoms with Gasteiger partial charge in [0.2, 0.25) is 0 Å². The number of aryl methyl sites for hydroxylation is 3. The molecule has 2 rings (SSSR count). The topological polar surface area (TPSA) is 37.8 Å². The molecule has 1 unspecified atom stereocenters. The van der Waals surface area contributed by atoms with Gasteiger partial charge in [0.1, 0.15) is 0 Å². The van der Waals surface area contributed by atoms with Crippen LogP contribution in [0.5, 0.6) is 0 Å². The van der Waals surface area contributed by atoms with Gasteiger partial charge in [-0.2, -0.15) is 0 Å². The zero-order valence-electron chi connectivity index (χ0n) is 12.7. The van der Waals surface area contributed by atoms with Crippen molar-refractivity contribution in [2.45, 2.75) is 46.6 Å². The molecule has 0 aliphatic heterocycles. The van der Waals surface area contributed by atoms with E-state index < -0.39 is 0 Å². The summed E-state index contributed by atoms with van der Waals surface area (Å²) in [5.74, 6) is 0. The molecule has 1 aromatic heterocycles. The van der Waals surface area contributed by atoms with Crippen LogP contribution in [0.15, 0.2) is 18.2 Å². The Balaban J connectivity index is 2.23. The van der Waals surface area contributed by atoms with Crippen LogP contribution in [0.3, 0.4) is 0 Å². The van der Waals surface area contributed by atoms with E-state index in [4.69, 9.17) is 0 Å². The number of likely N-dealkylation sites (N-methyl/N-ethyl adjacent to an activating group) is 1. The Labute approximate surface area is 125 Å². The molecule has 1 aromatic carbocycles. The first-order valence-electron chi connectivity index (χ1n) is 7.26. The minimum atomic E-state index is 0.317. The average Bonchev–Trinajstić information content (AvgIpc) is 2.90. The predicted octanol–water partition coefficient (Wildman–Crippen LogP) is 3.61. The van der Waals surface area contributed by atoms with Crippen molar-refractivity contribution in [1.29, 1.82) is 0 Å². The molecule has 0 saturated heterocycles. The van der Waals surface area contributed by atoms with Crippen molar-refractivity contribution in [3.63, 3.8) is 0 Å². The fourth-order valence-electron chi connectivity index (χ4n) is 2.40. The van der Waals surface area contributed by atoms with Crippen LogP contribution in [0.4, 0.5) is 0 Å². The van der Waals surface area contributed by atoms with Gasteiger partial charge in [0.25, 0.3) is 0 Å². The maximum absolute atomic E-state index is 4.24. The Bertz CT molecular complexity index is 563. The largest absolute Gasteiger partial charge is 0.309 e. The summed E-state index contributed by atoms with van der Waals surface area (Å²) in [7, 11) is 0. The van der Waals surface area contributed by atoms with E-state index in [0.29, 0.717) is 6.04 Å². The molecule has 108 valence electrons. The third-order valence-corrected chi connectivity index (χ3v) is 4.58. The Hall–Kier alpha value is -1.26. The molecule has 1 atom stereocenters. The second-order valence-corrected chi connectivity index (χ2v) is 5.96. The first kappa shape index (κ1) is 15.1. The van der Waals surface area contributed by atoms with E-state index in [1.807, 2.05) is 0 Å². The van der Waals surface area contributed by atoms with E-state index in [2.05, 4.69) is 60.8 Å². The average molecular weight is 289 g/mol. The molecule has 0 spiro atoms. The van der Waals surface area contributed by atoms with Gasteiger partial charge in [-0.15, -0.1) is 5.10 Å².